The van der Waals surface area contributed by atoms with E-state index in [0.29, 0.717) is 0 Å². The summed E-state index contributed by atoms with van der Waals surface area (Å²) in [7, 11) is 0. The van der Waals surface area contributed by atoms with Crippen LogP contribution in [0.2, 0.25) is 0 Å². The van der Waals surface area contributed by atoms with Gasteiger partial charge in [0.1, 0.15) is 0 Å². The van der Waals surface area contributed by atoms with Gasteiger partial charge in [-0.2, -0.15) is 11.3 Å². The van der Waals surface area contributed by atoms with Gasteiger partial charge >= 0.3 is 0 Å². The minimum atomic E-state index is 0.274. The molecule has 2 N–H and O–H groups in total. The molecule has 0 saturated heterocycles. The molecule has 2 aliphatic rings. The van der Waals surface area contributed by atoms with Crippen LogP contribution in [0.3, 0.4) is 0 Å². The molecule has 0 bridgehead atoms. The van der Waals surface area contributed by atoms with Gasteiger partial charge in [-0.05, 0) is 54.0 Å². The van der Waals surface area contributed by atoms with E-state index in [9.17, 15) is 0 Å². The van der Waals surface area contributed by atoms with Crippen LogP contribution in [-0.4, -0.2) is 23.0 Å². The Morgan fingerprint density at radius 2 is 2.20 bits per heavy atom. The van der Waals surface area contributed by atoms with Gasteiger partial charge in [0.25, 0.3) is 0 Å². The Balaban J connectivity index is 1.86. The monoisotopic (exact) mass is 292 g/mol. The molecular formula is C17H28N2S. The molecule has 2 unspecified atom stereocenters. The van der Waals surface area contributed by atoms with Gasteiger partial charge in [-0.1, -0.05) is 26.2 Å². The average Bonchev–Trinajstić information content (AvgIpc) is 3.21. The van der Waals surface area contributed by atoms with Crippen molar-refractivity contribution < 1.29 is 0 Å². The van der Waals surface area contributed by atoms with Gasteiger partial charge in [-0.3, -0.25) is 4.90 Å². The van der Waals surface area contributed by atoms with Crippen LogP contribution in [0.5, 0.6) is 0 Å². The van der Waals surface area contributed by atoms with E-state index in [1.807, 2.05) is 11.3 Å². The van der Waals surface area contributed by atoms with E-state index < -0.39 is 0 Å². The highest BCUT2D eigenvalue weighted by Gasteiger charge is 2.48. The molecule has 2 nitrogen and oxygen atoms in total. The van der Waals surface area contributed by atoms with Crippen LogP contribution in [0.4, 0.5) is 0 Å². The third kappa shape index (κ3) is 2.68. The van der Waals surface area contributed by atoms with E-state index in [1.54, 1.807) is 0 Å². The van der Waals surface area contributed by atoms with Gasteiger partial charge < -0.3 is 5.73 Å². The Kier molecular flexibility index (Phi) is 4.49. The first kappa shape index (κ1) is 14.6. The van der Waals surface area contributed by atoms with Crippen LogP contribution in [0.15, 0.2) is 16.8 Å². The van der Waals surface area contributed by atoms with Crippen LogP contribution in [0.25, 0.3) is 0 Å². The Labute approximate surface area is 127 Å². The second-order valence-corrected chi connectivity index (χ2v) is 7.43. The van der Waals surface area contributed by atoms with E-state index >= 15 is 0 Å². The fourth-order valence-corrected chi connectivity index (χ4v) is 4.92. The lowest BCUT2D eigenvalue weighted by Gasteiger charge is -2.51. The van der Waals surface area contributed by atoms with E-state index in [0.717, 1.165) is 25.0 Å². The highest BCUT2D eigenvalue weighted by molar-refractivity contribution is 7.07. The van der Waals surface area contributed by atoms with Crippen molar-refractivity contribution in [1.29, 1.82) is 0 Å². The topological polar surface area (TPSA) is 29.3 Å². The van der Waals surface area contributed by atoms with Crippen molar-refractivity contribution in [3.05, 3.63) is 22.4 Å². The van der Waals surface area contributed by atoms with Crippen molar-refractivity contribution in [2.45, 2.75) is 70.0 Å². The normalized spacial score (nSPS) is 30.9. The molecule has 1 heterocycles. The summed E-state index contributed by atoms with van der Waals surface area (Å²) in [5.74, 6) is 0.792. The molecule has 2 fully saturated rings. The zero-order chi connectivity index (χ0) is 14.0. The molecule has 2 aliphatic carbocycles. The smallest absolute Gasteiger partial charge is 0.0366 e. The summed E-state index contributed by atoms with van der Waals surface area (Å²) >= 11 is 1.82. The first-order chi connectivity index (χ1) is 9.80. The van der Waals surface area contributed by atoms with Crippen molar-refractivity contribution in [3.63, 3.8) is 0 Å². The SMILES string of the molecule is CCC1CCCCC1(CN)N(Cc1ccsc1)C1CC1. The zero-order valence-electron chi connectivity index (χ0n) is 12.7. The fourth-order valence-electron chi connectivity index (χ4n) is 4.26. The molecule has 20 heavy (non-hydrogen) atoms. The van der Waals surface area contributed by atoms with Crippen molar-refractivity contribution in [1.82, 2.24) is 4.90 Å². The Bertz CT molecular complexity index is 413. The molecule has 3 heteroatoms. The van der Waals surface area contributed by atoms with Gasteiger partial charge in [-0.25, -0.2) is 0 Å². The zero-order valence-corrected chi connectivity index (χ0v) is 13.5. The molecule has 2 atom stereocenters. The van der Waals surface area contributed by atoms with E-state index in [2.05, 4.69) is 28.7 Å². The lowest BCUT2D eigenvalue weighted by molar-refractivity contribution is -0.00883. The maximum absolute atomic E-state index is 6.36. The number of nitrogens with two attached hydrogens (primary N) is 1. The van der Waals surface area contributed by atoms with Crippen molar-refractivity contribution in [2.24, 2.45) is 11.7 Å². The molecule has 1 aromatic heterocycles. The third-order valence-corrected chi connectivity index (χ3v) is 6.24. The summed E-state index contributed by atoms with van der Waals surface area (Å²) in [5.41, 5.74) is 8.12. The van der Waals surface area contributed by atoms with Crippen LogP contribution < -0.4 is 5.73 Å². The first-order valence-corrected chi connectivity index (χ1v) is 9.22. The first-order valence-electron chi connectivity index (χ1n) is 8.28. The van der Waals surface area contributed by atoms with Gasteiger partial charge in [0.05, 0.1) is 0 Å². The average molecular weight is 292 g/mol. The molecule has 0 amide bonds. The molecule has 0 aliphatic heterocycles. The van der Waals surface area contributed by atoms with E-state index in [-0.39, 0.29) is 5.54 Å². The summed E-state index contributed by atoms with van der Waals surface area (Å²) in [6, 6.07) is 3.08. The Morgan fingerprint density at radius 1 is 1.35 bits per heavy atom. The number of hydrogen-bond donors (Lipinski definition) is 1. The number of hydrogen-bond acceptors (Lipinski definition) is 3. The summed E-state index contributed by atoms with van der Waals surface area (Å²) in [4.78, 5) is 2.81. The summed E-state index contributed by atoms with van der Waals surface area (Å²) in [5, 5.41) is 4.51. The van der Waals surface area contributed by atoms with Crippen LogP contribution in [-0.2, 0) is 6.54 Å². The number of rotatable bonds is 6. The van der Waals surface area contributed by atoms with Gasteiger partial charge in [0.2, 0.25) is 0 Å². The summed E-state index contributed by atoms with van der Waals surface area (Å²) < 4.78 is 0. The minimum absolute atomic E-state index is 0.274. The minimum Gasteiger partial charge on any atom is -0.329 e. The molecule has 2 saturated carbocycles. The van der Waals surface area contributed by atoms with Gasteiger partial charge in [-0.15, -0.1) is 0 Å². The van der Waals surface area contributed by atoms with E-state index in [4.69, 9.17) is 5.73 Å². The molecular weight excluding hydrogens is 264 g/mol. The predicted molar refractivity (Wildman–Crippen MR) is 86.9 cm³/mol. The van der Waals surface area contributed by atoms with E-state index in [1.165, 1.54) is 50.5 Å². The maximum Gasteiger partial charge on any atom is 0.0366 e. The van der Waals surface area contributed by atoms with Crippen molar-refractivity contribution in [3.8, 4) is 0 Å². The maximum atomic E-state index is 6.36. The van der Waals surface area contributed by atoms with Crippen LogP contribution >= 0.6 is 11.3 Å². The molecule has 1 aromatic rings. The predicted octanol–water partition coefficient (Wildman–Crippen LogP) is 4.01. The highest BCUT2D eigenvalue weighted by atomic mass is 32.1. The van der Waals surface area contributed by atoms with Crippen LogP contribution in [0, 0.1) is 5.92 Å². The van der Waals surface area contributed by atoms with Gasteiger partial charge in [0.15, 0.2) is 0 Å². The molecule has 112 valence electrons. The number of nitrogens with zero attached hydrogens (tertiary/aromatic N) is 1. The lowest BCUT2D eigenvalue weighted by Crippen LogP contribution is -2.60. The number of thiophene rings is 1. The second kappa shape index (κ2) is 6.17. The molecule has 3 rings (SSSR count). The molecule has 0 aromatic carbocycles. The van der Waals surface area contributed by atoms with Crippen LogP contribution in [0.1, 0.15) is 57.4 Å². The standard InChI is InChI=1S/C17H28N2S/c1-2-15-5-3-4-9-17(15,13-18)19(16-6-7-16)11-14-8-10-20-12-14/h8,10,12,15-16H,2-7,9,11,13,18H2,1H3. The van der Waals surface area contributed by atoms with Crippen molar-refractivity contribution >= 4 is 11.3 Å². The Morgan fingerprint density at radius 3 is 2.80 bits per heavy atom. The quantitative estimate of drug-likeness (QED) is 0.858. The Hall–Kier alpha value is -0.380. The highest BCUT2D eigenvalue weighted by Crippen LogP contribution is 2.45. The van der Waals surface area contributed by atoms with Gasteiger partial charge in [0, 0.05) is 24.7 Å². The fraction of sp³-hybridized carbons (Fsp3) is 0.765. The molecule has 0 spiro atoms. The third-order valence-electron chi connectivity index (χ3n) is 5.51. The molecule has 0 radical (unpaired) electrons. The lowest BCUT2D eigenvalue weighted by atomic mass is 9.70. The summed E-state index contributed by atoms with van der Waals surface area (Å²) in [6.45, 7) is 4.31. The second-order valence-electron chi connectivity index (χ2n) is 6.65. The summed E-state index contributed by atoms with van der Waals surface area (Å²) in [6.07, 6.45) is 9.48. The largest absolute Gasteiger partial charge is 0.329 e. The van der Waals surface area contributed by atoms with Crippen molar-refractivity contribution in [2.75, 3.05) is 6.54 Å².